The molecule has 0 radical (unpaired) electrons. The quantitative estimate of drug-likeness (QED) is 0.647. The van der Waals surface area contributed by atoms with Crippen LogP contribution in [-0.2, 0) is 6.54 Å². The van der Waals surface area contributed by atoms with Crippen molar-refractivity contribution in [3.63, 3.8) is 0 Å². The average molecular weight is 194 g/mol. The highest BCUT2D eigenvalue weighted by Gasteiger charge is 1.93. The topological polar surface area (TPSA) is 49.8 Å². The first-order valence-corrected chi connectivity index (χ1v) is 5.02. The summed E-state index contributed by atoms with van der Waals surface area (Å²) < 4.78 is 0. The van der Waals surface area contributed by atoms with Crippen LogP contribution in [0, 0.1) is 6.92 Å². The minimum atomic E-state index is 0.790. The third kappa shape index (κ3) is 4.30. The van der Waals surface area contributed by atoms with Gasteiger partial charge in [-0.25, -0.2) is 0 Å². The van der Waals surface area contributed by atoms with Gasteiger partial charge in [0.05, 0.1) is 11.4 Å². The van der Waals surface area contributed by atoms with E-state index in [0.29, 0.717) is 0 Å². The van der Waals surface area contributed by atoms with Crippen LogP contribution >= 0.6 is 0 Å². The van der Waals surface area contributed by atoms with Crippen molar-refractivity contribution >= 4 is 0 Å². The van der Waals surface area contributed by atoms with E-state index in [9.17, 15) is 0 Å². The lowest BCUT2D eigenvalue weighted by Gasteiger charge is -2.04. The van der Waals surface area contributed by atoms with Crippen LogP contribution in [0.25, 0.3) is 0 Å². The lowest BCUT2D eigenvalue weighted by Crippen LogP contribution is -2.27. The van der Waals surface area contributed by atoms with Crippen LogP contribution in [0.5, 0.6) is 0 Å². The van der Waals surface area contributed by atoms with Gasteiger partial charge in [0.15, 0.2) is 0 Å². The first-order valence-electron chi connectivity index (χ1n) is 5.02. The van der Waals surface area contributed by atoms with Crippen LogP contribution in [0.3, 0.4) is 0 Å². The number of nitrogens with zero attached hydrogens (tertiary/aromatic N) is 2. The number of aromatic nitrogens is 2. The highest BCUT2D eigenvalue weighted by atomic mass is 14.9. The van der Waals surface area contributed by atoms with Crippen LogP contribution < -0.4 is 10.6 Å². The monoisotopic (exact) mass is 194 g/mol. The first-order chi connectivity index (χ1) is 6.83. The Morgan fingerprint density at radius 2 is 1.93 bits per heavy atom. The Bertz CT molecular complexity index is 245. The summed E-state index contributed by atoms with van der Waals surface area (Å²) in [4.78, 5) is 8.43. The first kappa shape index (κ1) is 11.1. The number of likely N-dealkylation sites (N-methyl/N-ethyl adjacent to an activating group) is 1. The molecule has 4 nitrogen and oxygen atoms in total. The predicted molar refractivity (Wildman–Crippen MR) is 57.0 cm³/mol. The van der Waals surface area contributed by atoms with Crippen molar-refractivity contribution in [1.29, 1.82) is 0 Å². The lowest BCUT2D eigenvalue weighted by molar-refractivity contribution is 0.617. The van der Waals surface area contributed by atoms with Gasteiger partial charge in [-0.3, -0.25) is 9.97 Å². The minimum Gasteiger partial charge on any atom is -0.316 e. The normalized spacial score (nSPS) is 10.4. The van der Waals surface area contributed by atoms with Gasteiger partial charge >= 0.3 is 0 Å². The van der Waals surface area contributed by atoms with Gasteiger partial charge in [0, 0.05) is 32.0 Å². The van der Waals surface area contributed by atoms with Crippen LogP contribution in [0.1, 0.15) is 18.3 Å². The van der Waals surface area contributed by atoms with Gasteiger partial charge in [-0.15, -0.1) is 0 Å². The van der Waals surface area contributed by atoms with E-state index in [1.165, 1.54) is 0 Å². The fourth-order valence-electron chi connectivity index (χ4n) is 1.08. The second kappa shape index (κ2) is 6.45. The molecule has 0 unspecified atom stereocenters. The van der Waals surface area contributed by atoms with E-state index >= 15 is 0 Å². The Morgan fingerprint density at radius 1 is 1.14 bits per heavy atom. The SMILES string of the molecule is CCNCCNCc1cnc(C)cn1. The van der Waals surface area contributed by atoms with Crippen molar-refractivity contribution in [2.24, 2.45) is 0 Å². The largest absolute Gasteiger partial charge is 0.316 e. The lowest BCUT2D eigenvalue weighted by atomic mass is 10.4. The molecule has 1 heterocycles. The molecule has 0 saturated carbocycles. The minimum absolute atomic E-state index is 0.790. The number of rotatable bonds is 6. The standard InChI is InChI=1S/C10H18N4/c1-3-11-4-5-12-7-10-8-13-9(2)6-14-10/h6,8,11-12H,3-5,7H2,1-2H3. The molecule has 14 heavy (non-hydrogen) atoms. The number of hydrogen-bond donors (Lipinski definition) is 2. The summed E-state index contributed by atoms with van der Waals surface area (Å²) in [6.07, 6.45) is 3.61. The highest BCUT2D eigenvalue weighted by molar-refractivity contribution is 4.99. The molecule has 0 fully saturated rings. The summed E-state index contributed by atoms with van der Waals surface area (Å²) in [5.74, 6) is 0. The third-order valence-corrected chi connectivity index (χ3v) is 1.87. The molecule has 0 spiro atoms. The van der Waals surface area contributed by atoms with Gasteiger partial charge < -0.3 is 10.6 Å². The molecular formula is C10H18N4. The molecule has 0 amide bonds. The molecule has 0 aromatic carbocycles. The second-order valence-electron chi connectivity index (χ2n) is 3.18. The van der Waals surface area contributed by atoms with E-state index in [-0.39, 0.29) is 0 Å². The second-order valence-corrected chi connectivity index (χ2v) is 3.18. The van der Waals surface area contributed by atoms with Crippen molar-refractivity contribution in [3.05, 3.63) is 23.8 Å². The van der Waals surface area contributed by atoms with Crippen LogP contribution in [-0.4, -0.2) is 29.6 Å². The van der Waals surface area contributed by atoms with E-state index in [1.807, 2.05) is 13.1 Å². The smallest absolute Gasteiger partial charge is 0.0724 e. The van der Waals surface area contributed by atoms with Crippen molar-refractivity contribution < 1.29 is 0 Å². The molecule has 1 aromatic heterocycles. The molecule has 0 aliphatic heterocycles. The number of aryl methyl sites for hydroxylation is 1. The maximum absolute atomic E-state index is 4.25. The molecule has 0 atom stereocenters. The summed E-state index contributed by atoms with van der Waals surface area (Å²) in [6.45, 7) is 7.81. The van der Waals surface area contributed by atoms with E-state index in [0.717, 1.165) is 37.6 Å². The van der Waals surface area contributed by atoms with Gasteiger partial charge in [-0.05, 0) is 13.5 Å². The zero-order valence-electron chi connectivity index (χ0n) is 8.88. The zero-order valence-corrected chi connectivity index (χ0v) is 8.88. The Kier molecular flexibility index (Phi) is 5.11. The molecule has 1 aromatic rings. The van der Waals surface area contributed by atoms with E-state index in [1.54, 1.807) is 6.20 Å². The fraction of sp³-hybridized carbons (Fsp3) is 0.600. The molecule has 2 N–H and O–H groups in total. The molecule has 0 bridgehead atoms. The van der Waals surface area contributed by atoms with Crippen molar-refractivity contribution in [2.45, 2.75) is 20.4 Å². The van der Waals surface area contributed by atoms with Gasteiger partial charge in [-0.1, -0.05) is 6.92 Å². The third-order valence-electron chi connectivity index (χ3n) is 1.87. The van der Waals surface area contributed by atoms with Crippen molar-refractivity contribution in [2.75, 3.05) is 19.6 Å². The number of nitrogens with one attached hydrogen (secondary N) is 2. The molecular weight excluding hydrogens is 176 g/mol. The van der Waals surface area contributed by atoms with Crippen molar-refractivity contribution in [3.8, 4) is 0 Å². The van der Waals surface area contributed by atoms with Crippen LogP contribution in [0.4, 0.5) is 0 Å². The van der Waals surface area contributed by atoms with E-state index < -0.39 is 0 Å². The summed E-state index contributed by atoms with van der Waals surface area (Å²) in [5.41, 5.74) is 1.95. The fourth-order valence-corrected chi connectivity index (χ4v) is 1.08. The molecule has 0 aliphatic carbocycles. The molecule has 1 rings (SSSR count). The van der Waals surface area contributed by atoms with Gasteiger partial charge in [0.2, 0.25) is 0 Å². The average Bonchev–Trinajstić information content (AvgIpc) is 2.21. The van der Waals surface area contributed by atoms with Crippen LogP contribution in [0.2, 0.25) is 0 Å². The molecule has 0 aliphatic rings. The van der Waals surface area contributed by atoms with E-state index in [2.05, 4.69) is 27.5 Å². The Morgan fingerprint density at radius 3 is 2.57 bits per heavy atom. The number of hydrogen-bond acceptors (Lipinski definition) is 4. The summed E-state index contributed by atoms with van der Waals surface area (Å²) in [7, 11) is 0. The molecule has 0 saturated heterocycles. The van der Waals surface area contributed by atoms with Crippen LogP contribution in [0.15, 0.2) is 12.4 Å². The Hall–Kier alpha value is -1.00. The maximum Gasteiger partial charge on any atom is 0.0724 e. The highest BCUT2D eigenvalue weighted by Crippen LogP contribution is 1.92. The van der Waals surface area contributed by atoms with E-state index in [4.69, 9.17) is 0 Å². The molecule has 78 valence electrons. The summed E-state index contributed by atoms with van der Waals surface area (Å²) in [6, 6.07) is 0. The Balaban J connectivity index is 2.15. The zero-order chi connectivity index (χ0) is 10.2. The van der Waals surface area contributed by atoms with Gasteiger partial charge in [0.25, 0.3) is 0 Å². The molecule has 4 heteroatoms. The summed E-state index contributed by atoms with van der Waals surface area (Å²) in [5, 5.41) is 6.54. The predicted octanol–water partition coefficient (Wildman–Crippen LogP) is 0.484. The van der Waals surface area contributed by atoms with Crippen molar-refractivity contribution in [1.82, 2.24) is 20.6 Å². The summed E-state index contributed by atoms with van der Waals surface area (Å²) >= 11 is 0. The Labute approximate surface area is 85.2 Å². The van der Waals surface area contributed by atoms with Gasteiger partial charge in [-0.2, -0.15) is 0 Å². The van der Waals surface area contributed by atoms with Gasteiger partial charge in [0.1, 0.15) is 0 Å². The maximum atomic E-state index is 4.25.